The van der Waals surface area contributed by atoms with E-state index < -0.39 is 0 Å². The number of benzene rings is 1. The molecule has 0 spiro atoms. The summed E-state index contributed by atoms with van der Waals surface area (Å²) in [4.78, 5) is 4.50. The lowest BCUT2D eigenvalue weighted by atomic mass is 10.0. The molecular formula is C12H13ClN2. The maximum atomic E-state index is 6.17. The van der Waals surface area contributed by atoms with Crippen molar-refractivity contribution in [2.45, 2.75) is 20.4 Å². The van der Waals surface area contributed by atoms with E-state index in [1.165, 1.54) is 0 Å². The molecule has 78 valence electrons. The third-order valence-corrected chi connectivity index (χ3v) is 2.86. The molecule has 0 saturated carbocycles. The molecule has 0 atom stereocenters. The van der Waals surface area contributed by atoms with Gasteiger partial charge in [0.05, 0.1) is 10.5 Å². The van der Waals surface area contributed by atoms with Crippen molar-refractivity contribution in [1.82, 2.24) is 4.98 Å². The van der Waals surface area contributed by atoms with E-state index in [-0.39, 0.29) is 0 Å². The van der Waals surface area contributed by atoms with Crippen LogP contribution in [0.1, 0.15) is 16.8 Å². The van der Waals surface area contributed by atoms with Gasteiger partial charge >= 0.3 is 0 Å². The summed E-state index contributed by atoms with van der Waals surface area (Å²) in [6.45, 7) is 4.49. The summed E-state index contributed by atoms with van der Waals surface area (Å²) in [5.41, 5.74) is 9.85. The molecule has 0 fully saturated rings. The third-order valence-electron chi connectivity index (χ3n) is 2.54. The van der Waals surface area contributed by atoms with Gasteiger partial charge in [0.15, 0.2) is 0 Å². The molecule has 0 aliphatic rings. The summed E-state index contributed by atoms with van der Waals surface area (Å²) in [5, 5.41) is 1.72. The number of hydrogen-bond donors (Lipinski definition) is 1. The number of nitrogens with two attached hydrogens (primary N) is 1. The van der Waals surface area contributed by atoms with Gasteiger partial charge < -0.3 is 5.73 Å². The monoisotopic (exact) mass is 220 g/mol. The zero-order valence-electron chi connectivity index (χ0n) is 8.84. The van der Waals surface area contributed by atoms with E-state index >= 15 is 0 Å². The third kappa shape index (κ3) is 1.71. The maximum absolute atomic E-state index is 6.17. The van der Waals surface area contributed by atoms with Crippen LogP contribution in [0.4, 0.5) is 0 Å². The van der Waals surface area contributed by atoms with Crippen molar-refractivity contribution in [2.75, 3.05) is 0 Å². The average Bonchev–Trinajstić information content (AvgIpc) is 2.22. The number of pyridine rings is 1. The number of nitrogens with zero attached hydrogens (tertiary/aromatic N) is 1. The minimum Gasteiger partial charge on any atom is -0.326 e. The Labute approximate surface area is 94.1 Å². The Bertz CT molecular complexity index is 521. The van der Waals surface area contributed by atoms with Crippen LogP contribution in [0.2, 0.25) is 5.02 Å². The first-order valence-corrected chi connectivity index (χ1v) is 5.26. The molecule has 2 rings (SSSR count). The van der Waals surface area contributed by atoms with Crippen LogP contribution in [0.3, 0.4) is 0 Å². The van der Waals surface area contributed by atoms with Gasteiger partial charge in [-0.15, -0.1) is 0 Å². The van der Waals surface area contributed by atoms with Crippen molar-refractivity contribution < 1.29 is 0 Å². The van der Waals surface area contributed by atoms with Crippen molar-refractivity contribution in [3.63, 3.8) is 0 Å². The van der Waals surface area contributed by atoms with Crippen LogP contribution < -0.4 is 5.73 Å². The molecule has 0 amide bonds. The average molecular weight is 221 g/mol. The lowest BCUT2D eigenvalue weighted by molar-refractivity contribution is 1.07. The highest BCUT2D eigenvalue weighted by Gasteiger charge is 2.08. The van der Waals surface area contributed by atoms with E-state index in [1.54, 1.807) is 0 Å². The number of aryl methyl sites for hydroxylation is 2. The fraction of sp³-hybridized carbons (Fsp3) is 0.250. The molecule has 0 aliphatic carbocycles. The second-order valence-corrected chi connectivity index (χ2v) is 4.12. The Morgan fingerprint density at radius 2 is 2.07 bits per heavy atom. The second kappa shape index (κ2) is 3.80. The highest BCUT2D eigenvalue weighted by molar-refractivity contribution is 6.35. The van der Waals surface area contributed by atoms with Crippen molar-refractivity contribution in [3.8, 4) is 0 Å². The Morgan fingerprint density at radius 1 is 1.33 bits per heavy atom. The van der Waals surface area contributed by atoms with Gasteiger partial charge in [-0.1, -0.05) is 17.7 Å². The van der Waals surface area contributed by atoms with Gasteiger partial charge in [-0.2, -0.15) is 0 Å². The number of halogens is 1. The smallest absolute Gasteiger partial charge is 0.0752 e. The predicted octanol–water partition coefficient (Wildman–Crippen LogP) is 2.96. The molecule has 0 radical (unpaired) electrons. The quantitative estimate of drug-likeness (QED) is 0.803. The lowest BCUT2D eigenvalue weighted by Gasteiger charge is -2.09. The Hall–Kier alpha value is -1.12. The molecule has 2 aromatic rings. The van der Waals surface area contributed by atoms with Crippen molar-refractivity contribution in [1.29, 1.82) is 0 Å². The van der Waals surface area contributed by atoms with Gasteiger partial charge in [-0.05, 0) is 37.1 Å². The number of fused-ring (bicyclic) bond motifs is 1. The highest BCUT2D eigenvalue weighted by atomic mass is 35.5. The Morgan fingerprint density at radius 3 is 2.73 bits per heavy atom. The molecule has 2 N–H and O–H groups in total. The summed E-state index contributed by atoms with van der Waals surface area (Å²) < 4.78 is 0. The van der Waals surface area contributed by atoms with E-state index in [0.29, 0.717) is 6.54 Å². The fourth-order valence-corrected chi connectivity index (χ4v) is 2.09. The topological polar surface area (TPSA) is 38.9 Å². The van der Waals surface area contributed by atoms with Gasteiger partial charge in [0, 0.05) is 17.6 Å². The SMILES string of the molecule is Cc1cc(CN)c2c(Cl)ccc(C)c2n1. The van der Waals surface area contributed by atoms with Crippen LogP contribution in [0.15, 0.2) is 18.2 Å². The summed E-state index contributed by atoms with van der Waals surface area (Å²) in [5.74, 6) is 0. The number of hydrogen-bond acceptors (Lipinski definition) is 2. The molecule has 15 heavy (non-hydrogen) atoms. The van der Waals surface area contributed by atoms with Crippen molar-refractivity contribution in [2.24, 2.45) is 5.73 Å². The van der Waals surface area contributed by atoms with E-state index in [4.69, 9.17) is 17.3 Å². The summed E-state index contributed by atoms with van der Waals surface area (Å²) in [7, 11) is 0. The fourth-order valence-electron chi connectivity index (χ4n) is 1.81. The van der Waals surface area contributed by atoms with Gasteiger partial charge in [-0.3, -0.25) is 4.98 Å². The summed E-state index contributed by atoms with van der Waals surface area (Å²) >= 11 is 6.17. The molecule has 2 nitrogen and oxygen atoms in total. The molecular weight excluding hydrogens is 208 g/mol. The van der Waals surface area contributed by atoms with Crippen LogP contribution in [0, 0.1) is 13.8 Å². The van der Waals surface area contributed by atoms with E-state index in [0.717, 1.165) is 32.7 Å². The second-order valence-electron chi connectivity index (χ2n) is 3.71. The molecule has 3 heteroatoms. The first-order chi connectivity index (χ1) is 7.13. The van der Waals surface area contributed by atoms with Gasteiger partial charge in [0.1, 0.15) is 0 Å². The number of aromatic nitrogens is 1. The predicted molar refractivity (Wildman–Crippen MR) is 64.1 cm³/mol. The number of rotatable bonds is 1. The zero-order chi connectivity index (χ0) is 11.0. The standard InChI is InChI=1S/C12H13ClN2/c1-7-3-4-10(13)11-9(6-14)5-8(2)15-12(7)11/h3-5H,6,14H2,1-2H3. The van der Waals surface area contributed by atoms with Gasteiger partial charge in [0.25, 0.3) is 0 Å². The van der Waals surface area contributed by atoms with Crippen LogP contribution in [0.25, 0.3) is 10.9 Å². The first kappa shape index (κ1) is 10.4. The van der Waals surface area contributed by atoms with Crippen LogP contribution >= 0.6 is 11.6 Å². The Balaban J connectivity index is 2.95. The highest BCUT2D eigenvalue weighted by Crippen LogP contribution is 2.28. The van der Waals surface area contributed by atoms with Crippen molar-refractivity contribution >= 4 is 22.5 Å². The minimum atomic E-state index is 0.489. The lowest BCUT2D eigenvalue weighted by Crippen LogP contribution is -2.00. The first-order valence-electron chi connectivity index (χ1n) is 4.89. The zero-order valence-corrected chi connectivity index (χ0v) is 9.60. The summed E-state index contributed by atoms with van der Waals surface area (Å²) in [6, 6.07) is 5.88. The molecule has 0 saturated heterocycles. The molecule has 1 heterocycles. The van der Waals surface area contributed by atoms with E-state index in [1.807, 2.05) is 32.0 Å². The van der Waals surface area contributed by atoms with Gasteiger partial charge in [-0.25, -0.2) is 0 Å². The maximum Gasteiger partial charge on any atom is 0.0752 e. The van der Waals surface area contributed by atoms with Crippen LogP contribution in [0.5, 0.6) is 0 Å². The van der Waals surface area contributed by atoms with Crippen LogP contribution in [-0.4, -0.2) is 4.98 Å². The van der Waals surface area contributed by atoms with Gasteiger partial charge in [0.2, 0.25) is 0 Å². The molecule has 0 unspecified atom stereocenters. The van der Waals surface area contributed by atoms with Crippen molar-refractivity contribution in [3.05, 3.63) is 40.0 Å². The van der Waals surface area contributed by atoms with Crippen LogP contribution in [-0.2, 0) is 6.54 Å². The Kier molecular flexibility index (Phi) is 2.63. The van der Waals surface area contributed by atoms with E-state index in [9.17, 15) is 0 Å². The minimum absolute atomic E-state index is 0.489. The normalized spacial score (nSPS) is 10.9. The molecule has 0 bridgehead atoms. The summed E-state index contributed by atoms with van der Waals surface area (Å²) in [6.07, 6.45) is 0. The molecule has 1 aromatic carbocycles. The molecule has 0 aliphatic heterocycles. The van der Waals surface area contributed by atoms with E-state index in [2.05, 4.69) is 4.98 Å². The molecule has 1 aromatic heterocycles. The largest absolute Gasteiger partial charge is 0.326 e.